The van der Waals surface area contributed by atoms with E-state index in [0.717, 1.165) is 56.8 Å². The van der Waals surface area contributed by atoms with E-state index in [1.165, 1.54) is 10.7 Å². The molecule has 0 bridgehead atoms. The zero-order chi connectivity index (χ0) is 40.0. The molecule has 4 N–H and O–H groups in total. The molecule has 9 rings (SSSR count). The molecular formula is C38H42ClN11O7. The Morgan fingerprint density at radius 1 is 0.930 bits per heavy atom. The molecule has 0 aromatic carbocycles. The molecule has 298 valence electrons. The number of ether oxygens (including phenoxy) is 2. The molecule has 3 saturated heterocycles. The van der Waals surface area contributed by atoms with Crippen LogP contribution in [-0.2, 0) is 28.7 Å². The summed E-state index contributed by atoms with van der Waals surface area (Å²) in [5.41, 5.74) is 2.34. The van der Waals surface area contributed by atoms with Gasteiger partial charge in [-0.15, -0.1) is 0 Å². The summed E-state index contributed by atoms with van der Waals surface area (Å²) in [6, 6.07) is 3.97. The fourth-order valence-electron chi connectivity index (χ4n) is 6.64. The van der Waals surface area contributed by atoms with Gasteiger partial charge in [-0.05, 0) is 71.4 Å². The summed E-state index contributed by atoms with van der Waals surface area (Å²) in [7, 11) is 0. The number of carbonyl (C=O) groups excluding carboxylic acids is 5. The van der Waals surface area contributed by atoms with Crippen LogP contribution in [0.3, 0.4) is 0 Å². The summed E-state index contributed by atoms with van der Waals surface area (Å²) in [6.07, 6.45) is 12.4. The Labute approximate surface area is 331 Å². The average molecular weight is 800 g/mol. The zero-order valence-electron chi connectivity index (χ0n) is 31.6. The third kappa shape index (κ3) is 8.76. The lowest BCUT2D eigenvalue weighted by Crippen LogP contribution is -2.39. The van der Waals surface area contributed by atoms with Crippen molar-refractivity contribution < 1.29 is 33.4 Å². The lowest BCUT2D eigenvalue weighted by molar-refractivity contribution is -0.125. The number of carbonyl (C=O) groups is 5. The van der Waals surface area contributed by atoms with E-state index in [0.29, 0.717) is 52.0 Å². The van der Waals surface area contributed by atoms with Crippen LogP contribution in [0.25, 0.3) is 23.4 Å². The monoisotopic (exact) mass is 799 g/mol. The van der Waals surface area contributed by atoms with Crippen LogP contribution in [0.15, 0.2) is 35.7 Å². The van der Waals surface area contributed by atoms with Gasteiger partial charge in [0, 0.05) is 59.6 Å². The SMILES string of the molecule is CC(C)(C)OC(=O)N(c1cc(Cl)nc2c(/C=C3\CC(=O)NC3=O)cnn12)C1CC1.O=C1C/C(=C\c2cnn3c(NC4CC4)cc(NCC4CCCO4)nc23)C(=O)N1. The Kier molecular flexibility index (Phi) is 10.2. The topological polar surface area (TPSA) is 216 Å². The van der Waals surface area contributed by atoms with Gasteiger partial charge in [0.25, 0.3) is 11.8 Å². The Hall–Kier alpha value is -5.88. The first-order valence-electron chi connectivity index (χ1n) is 18.9. The van der Waals surface area contributed by atoms with Crippen molar-refractivity contribution >= 4 is 82.2 Å². The summed E-state index contributed by atoms with van der Waals surface area (Å²) >= 11 is 6.24. The summed E-state index contributed by atoms with van der Waals surface area (Å²) in [5, 5.41) is 20.4. The van der Waals surface area contributed by atoms with Crippen LogP contribution in [0, 0.1) is 0 Å². The number of anilines is 3. The maximum atomic E-state index is 12.9. The van der Waals surface area contributed by atoms with Gasteiger partial charge >= 0.3 is 6.09 Å². The number of fused-ring (bicyclic) bond motifs is 2. The minimum Gasteiger partial charge on any atom is -0.443 e. The van der Waals surface area contributed by atoms with Crippen LogP contribution in [0.2, 0.25) is 5.15 Å². The zero-order valence-corrected chi connectivity index (χ0v) is 32.4. The van der Waals surface area contributed by atoms with E-state index in [2.05, 4.69) is 36.4 Å². The molecule has 57 heavy (non-hydrogen) atoms. The van der Waals surface area contributed by atoms with Gasteiger partial charge in [0.15, 0.2) is 11.3 Å². The number of nitrogens with one attached hydrogen (secondary N) is 4. The third-order valence-corrected chi connectivity index (χ3v) is 9.81. The van der Waals surface area contributed by atoms with Crippen molar-refractivity contribution in [3.05, 3.63) is 52.0 Å². The lowest BCUT2D eigenvalue weighted by atomic mass is 10.1. The first kappa shape index (κ1) is 38.0. The minimum atomic E-state index is -0.651. The van der Waals surface area contributed by atoms with Crippen LogP contribution in [0.4, 0.5) is 22.2 Å². The molecule has 3 aliphatic heterocycles. The fraction of sp³-hybridized carbons (Fsp3) is 0.447. The van der Waals surface area contributed by atoms with Crippen LogP contribution < -0.4 is 26.2 Å². The Balaban J connectivity index is 0.000000160. The standard InChI is InChI=1S/C19H20ClN5O4.C19H22N6O3/c1-19(2,3)29-18(28)24(12-4-5-12)15-8-13(20)22-16-11(9-21-25(15)16)6-10-7-14(26)23-17(10)27;26-17-7-11(19(27)24-17)6-12-9-21-25-16(22-13-3-4-13)8-15(23-18(12)25)20-10-14-2-1-5-28-14/h6,8-9,12H,4-5,7H2,1-3H3,(H,23,26,27);6,8-9,13-14,22H,1-5,7,10H2,(H,20,23)(H,24,26,27)/b10-6+;11-6+. The lowest BCUT2D eigenvalue weighted by Gasteiger charge is -2.27. The Bertz CT molecular complexity index is 2360. The predicted molar refractivity (Wildman–Crippen MR) is 208 cm³/mol. The first-order chi connectivity index (χ1) is 27.3. The smallest absolute Gasteiger partial charge is 0.416 e. The molecule has 19 heteroatoms. The van der Waals surface area contributed by atoms with Gasteiger partial charge < -0.3 is 20.1 Å². The van der Waals surface area contributed by atoms with Gasteiger partial charge in [-0.3, -0.25) is 34.7 Å². The number of imide groups is 2. The molecule has 5 aliphatic rings. The highest BCUT2D eigenvalue weighted by Gasteiger charge is 2.38. The molecule has 4 aromatic rings. The number of rotatable bonds is 9. The molecule has 2 aliphatic carbocycles. The first-order valence-corrected chi connectivity index (χ1v) is 19.3. The second-order valence-corrected chi connectivity index (χ2v) is 16.0. The van der Waals surface area contributed by atoms with Crippen molar-refractivity contribution in [2.75, 3.05) is 28.7 Å². The second kappa shape index (κ2) is 15.2. The normalized spacial score (nSPS) is 20.9. The van der Waals surface area contributed by atoms with Gasteiger partial charge in [-0.2, -0.15) is 19.2 Å². The van der Waals surface area contributed by atoms with E-state index < -0.39 is 17.6 Å². The van der Waals surface area contributed by atoms with Crippen molar-refractivity contribution in [2.24, 2.45) is 0 Å². The molecule has 0 spiro atoms. The molecule has 1 unspecified atom stereocenters. The van der Waals surface area contributed by atoms with E-state index >= 15 is 0 Å². The molecule has 1 atom stereocenters. The van der Waals surface area contributed by atoms with Gasteiger partial charge in [-0.25, -0.2) is 14.8 Å². The summed E-state index contributed by atoms with van der Waals surface area (Å²) in [6.45, 7) is 6.92. The highest BCUT2D eigenvalue weighted by Crippen LogP contribution is 2.35. The molecule has 2 saturated carbocycles. The highest BCUT2D eigenvalue weighted by atomic mass is 35.5. The van der Waals surface area contributed by atoms with E-state index in [-0.39, 0.29) is 47.9 Å². The van der Waals surface area contributed by atoms with E-state index in [1.54, 1.807) is 54.6 Å². The summed E-state index contributed by atoms with van der Waals surface area (Å²) in [4.78, 5) is 70.1. The van der Waals surface area contributed by atoms with Crippen molar-refractivity contribution in [3.8, 4) is 0 Å². The molecule has 4 aromatic heterocycles. The van der Waals surface area contributed by atoms with Crippen LogP contribution in [-0.4, -0.2) is 95.9 Å². The number of aromatic nitrogens is 6. The fourth-order valence-corrected chi connectivity index (χ4v) is 6.81. The minimum absolute atomic E-state index is 0.00393. The van der Waals surface area contributed by atoms with Crippen molar-refractivity contribution in [3.63, 3.8) is 0 Å². The van der Waals surface area contributed by atoms with Gasteiger partial charge in [0.2, 0.25) is 11.8 Å². The molecule has 18 nitrogen and oxygen atoms in total. The number of nitrogens with zero attached hydrogens (tertiary/aromatic N) is 7. The van der Waals surface area contributed by atoms with Crippen molar-refractivity contribution in [1.82, 2.24) is 39.8 Å². The number of halogens is 1. The van der Waals surface area contributed by atoms with Crippen molar-refractivity contribution in [2.45, 2.75) is 95.9 Å². The summed E-state index contributed by atoms with van der Waals surface area (Å²) in [5.74, 6) is 0.605. The van der Waals surface area contributed by atoms with E-state index in [1.807, 2.05) is 6.07 Å². The number of hydrogen-bond donors (Lipinski definition) is 4. The highest BCUT2D eigenvalue weighted by molar-refractivity contribution is 6.30. The Morgan fingerprint density at radius 2 is 1.56 bits per heavy atom. The predicted octanol–water partition coefficient (Wildman–Crippen LogP) is 4.04. The molecule has 7 heterocycles. The maximum absolute atomic E-state index is 12.9. The van der Waals surface area contributed by atoms with Crippen LogP contribution in [0.1, 0.15) is 83.3 Å². The number of amides is 5. The summed E-state index contributed by atoms with van der Waals surface area (Å²) < 4.78 is 14.5. The Morgan fingerprint density at radius 3 is 2.11 bits per heavy atom. The van der Waals surface area contributed by atoms with Gasteiger partial charge in [0.1, 0.15) is 28.2 Å². The van der Waals surface area contributed by atoms with Crippen LogP contribution in [0.5, 0.6) is 0 Å². The molecule has 5 fully saturated rings. The number of hydrogen-bond acceptors (Lipinski definition) is 13. The van der Waals surface area contributed by atoms with E-state index in [4.69, 9.17) is 26.1 Å². The van der Waals surface area contributed by atoms with Gasteiger partial charge in [-0.1, -0.05) is 11.6 Å². The third-order valence-electron chi connectivity index (χ3n) is 9.61. The largest absolute Gasteiger partial charge is 0.443 e. The molecule has 5 amide bonds. The maximum Gasteiger partial charge on any atom is 0.416 e. The van der Waals surface area contributed by atoms with Crippen LogP contribution >= 0.6 is 11.6 Å². The quantitative estimate of drug-likeness (QED) is 0.107. The molecular weight excluding hydrogens is 758 g/mol. The second-order valence-electron chi connectivity index (χ2n) is 15.6. The van der Waals surface area contributed by atoms with Crippen molar-refractivity contribution in [1.29, 1.82) is 0 Å². The van der Waals surface area contributed by atoms with Gasteiger partial charge in [0.05, 0.1) is 31.3 Å². The van der Waals surface area contributed by atoms with E-state index in [9.17, 15) is 24.0 Å². The molecule has 0 radical (unpaired) electrons. The average Bonchev–Trinajstić information content (AvgIpc) is 3.88.